The van der Waals surface area contributed by atoms with Crippen molar-refractivity contribution in [3.05, 3.63) is 58.1 Å². The van der Waals surface area contributed by atoms with E-state index in [-0.39, 0.29) is 12.1 Å². The Labute approximate surface area is 118 Å². The zero-order valence-electron chi connectivity index (χ0n) is 10.2. The second-order valence-electron chi connectivity index (χ2n) is 3.94. The Morgan fingerprint density at radius 2 is 1.95 bits per heavy atom. The molecule has 0 aliphatic heterocycles. The van der Waals surface area contributed by atoms with Gasteiger partial charge in [-0.1, -0.05) is 0 Å². The minimum atomic E-state index is -0.452. The maximum Gasteiger partial charge on any atom is 0.135 e. The van der Waals surface area contributed by atoms with Crippen LogP contribution in [-0.2, 0) is 6.54 Å². The molecule has 0 heterocycles. The Morgan fingerprint density at radius 1 is 1.16 bits per heavy atom. The highest BCUT2D eigenvalue weighted by molar-refractivity contribution is 9.10. The SMILES string of the molecule is COc1cc(NCc2cc(F)ccc2F)ccc1Br. The molecular formula is C14H12BrF2NO. The van der Waals surface area contributed by atoms with E-state index in [4.69, 9.17) is 4.74 Å². The molecule has 2 aromatic rings. The van der Waals surface area contributed by atoms with Crippen LogP contribution in [0.25, 0.3) is 0 Å². The van der Waals surface area contributed by atoms with Crippen molar-refractivity contribution in [1.29, 1.82) is 0 Å². The minimum Gasteiger partial charge on any atom is -0.495 e. The third-order valence-corrected chi connectivity index (χ3v) is 3.30. The number of ether oxygens (including phenoxy) is 1. The standard InChI is InChI=1S/C14H12BrF2NO/c1-19-14-7-11(3-4-12(14)15)18-8-9-6-10(16)2-5-13(9)17/h2-7,18H,8H2,1H3. The van der Waals surface area contributed by atoms with Gasteiger partial charge in [-0.3, -0.25) is 0 Å². The Balaban J connectivity index is 2.12. The number of anilines is 1. The molecule has 100 valence electrons. The van der Waals surface area contributed by atoms with Crippen molar-refractivity contribution in [1.82, 2.24) is 0 Å². The number of hydrogen-bond acceptors (Lipinski definition) is 2. The lowest BCUT2D eigenvalue weighted by Gasteiger charge is -2.10. The maximum absolute atomic E-state index is 13.4. The molecule has 0 saturated carbocycles. The molecule has 0 spiro atoms. The second kappa shape index (κ2) is 6.02. The van der Waals surface area contributed by atoms with Gasteiger partial charge in [0.2, 0.25) is 0 Å². The van der Waals surface area contributed by atoms with E-state index in [2.05, 4.69) is 21.2 Å². The van der Waals surface area contributed by atoms with Crippen LogP contribution in [0.3, 0.4) is 0 Å². The molecule has 0 atom stereocenters. The van der Waals surface area contributed by atoms with Gasteiger partial charge in [-0.25, -0.2) is 8.78 Å². The summed E-state index contributed by atoms with van der Waals surface area (Å²) in [5.41, 5.74) is 1.05. The predicted molar refractivity (Wildman–Crippen MR) is 74.4 cm³/mol. The summed E-state index contributed by atoms with van der Waals surface area (Å²) in [6.45, 7) is 0.203. The van der Waals surface area contributed by atoms with E-state index in [1.807, 2.05) is 12.1 Å². The first-order valence-corrected chi connectivity index (χ1v) is 6.41. The van der Waals surface area contributed by atoms with Crippen molar-refractivity contribution in [3.8, 4) is 5.75 Å². The number of benzene rings is 2. The highest BCUT2D eigenvalue weighted by Crippen LogP contribution is 2.28. The van der Waals surface area contributed by atoms with Crippen LogP contribution >= 0.6 is 15.9 Å². The summed E-state index contributed by atoms with van der Waals surface area (Å²) in [7, 11) is 1.57. The van der Waals surface area contributed by atoms with Gasteiger partial charge in [0, 0.05) is 23.9 Å². The molecule has 0 saturated heterocycles. The lowest BCUT2D eigenvalue weighted by atomic mass is 10.2. The van der Waals surface area contributed by atoms with Gasteiger partial charge in [-0.15, -0.1) is 0 Å². The zero-order chi connectivity index (χ0) is 13.8. The fraction of sp³-hybridized carbons (Fsp3) is 0.143. The first-order chi connectivity index (χ1) is 9.10. The van der Waals surface area contributed by atoms with Crippen LogP contribution in [0.5, 0.6) is 5.75 Å². The van der Waals surface area contributed by atoms with E-state index >= 15 is 0 Å². The van der Waals surface area contributed by atoms with Crippen LogP contribution in [0.2, 0.25) is 0 Å². The first kappa shape index (κ1) is 13.8. The first-order valence-electron chi connectivity index (χ1n) is 5.61. The van der Waals surface area contributed by atoms with Gasteiger partial charge < -0.3 is 10.1 Å². The summed E-state index contributed by atoms with van der Waals surface area (Å²) >= 11 is 3.35. The molecule has 0 aromatic heterocycles. The van der Waals surface area contributed by atoms with E-state index in [1.54, 1.807) is 13.2 Å². The van der Waals surface area contributed by atoms with Gasteiger partial charge in [-0.05, 0) is 46.3 Å². The summed E-state index contributed by atoms with van der Waals surface area (Å²) in [6, 6.07) is 8.82. The van der Waals surface area contributed by atoms with Crippen molar-refractivity contribution in [2.45, 2.75) is 6.54 Å². The molecule has 2 rings (SSSR count). The zero-order valence-corrected chi connectivity index (χ0v) is 11.8. The highest BCUT2D eigenvalue weighted by atomic mass is 79.9. The average molecular weight is 328 g/mol. The van der Waals surface area contributed by atoms with Crippen molar-refractivity contribution in [2.75, 3.05) is 12.4 Å². The molecule has 0 bridgehead atoms. The van der Waals surface area contributed by atoms with E-state index in [9.17, 15) is 8.78 Å². The largest absolute Gasteiger partial charge is 0.495 e. The van der Waals surface area contributed by atoms with Gasteiger partial charge in [0.25, 0.3) is 0 Å². The normalized spacial score (nSPS) is 10.3. The molecule has 2 nitrogen and oxygen atoms in total. The van der Waals surface area contributed by atoms with Crippen LogP contribution in [-0.4, -0.2) is 7.11 Å². The summed E-state index contributed by atoms with van der Waals surface area (Å²) in [5, 5.41) is 3.02. The topological polar surface area (TPSA) is 21.3 Å². The Hall–Kier alpha value is -1.62. The molecule has 0 aliphatic carbocycles. The molecule has 0 radical (unpaired) electrons. The Bertz CT molecular complexity index is 590. The van der Waals surface area contributed by atoms with E-state index in [0.29, 0.717) is 5.75 Å². The fourth-order valence-electron chi connectivity index (χ4n) is 1.65. The molecule has 0 unspecified atom stereocenters. The third kappa shape index (κ3) is 3.44. The van der Waals surface area contributed by atoms with Crippen LogP contribution in [0.15, 0.2) is 40.9 Å². The fourth-order valence-corrected chi connectivity index (χ4v) is 2.05. The van der Waals surface area contributed by atoms with Gasteiger partial charge in [-0.2, -0.15) is 0 Å². The summed E-state index contributed by atoms with van der Waals surface area (Å²) in [4.78, 5) is 0. The lowest BCUT2D eigenvalue weighted by molar-refractivity contribution is 0.412. The van der Waals surface area contributed by atoms with E-state index in [1.165, 1.54) is 6.07 Å². The van der Waals surface area contributed by atoms with Crippen molar-refractivity contribution >= 4 is 21.6 Å². The number of hydrogen-bond donors (Lipinski definition) is 1. The monoisotopic (exact) mass is 327 g/mol. The number of nitrogens with one attached hydrogen (secondary N) is 1. The highest BCUT2D eigenvalue weighted by Gasteiger charge is 2.05. The van der Waals surface area contributed by atoms with Gasteiger partial charge in [0.1, 0.15) is 17.4 Å². The minimum absolute atomic E-state index is 0.203. The Kier molecular flexibility index (Phi) is 4.37. The number of methoxy groups -OCH3 is 1. The van der Waals surface area contributed by atoms with Crippen LogP contribution < -0.4 is 10.1 Å². The number of halogens is 3. The second-order valence-corrected chi connectivity index (χ2v) is 4.79. The van der Waals surface area contributed by atoms with Crippen LogP contribution in [0, 0.1) is 11.6 Å². The molecule has 0 aliphatic rings. The van der Waals surface area contributed by atoms with Gasteiger partial charge >= 0.3 is 0 Å². The summed E-state index contributed by atoms with van der Waals surface area (Å²) < 4.78 is 32.5. The molecule has 5 heteroatoms. The summed E-state index contributed by atoms with van der Waals surface area (Å²) in [6.07, 6.45) is 0. The van der Waals surface area contributed by atoms with Crippen LogP contribution in [0.4, 0.5) is 14.5 Å². The van der Waals surface area contributed by atoms with Gasteiger partial charge in [0.15, 0.2) is 0 Å². The molecule has 1 N–H and O–H groups in total. The number of rotatable bonds is 4. The van der Waals surface area contributed by atoms with Crippen LogP contribution in [0.1, 0.15) is 5.56 Å². The van der Waals surface area contributed by atoms with Crippen molar-refractivity contribution in [3.63, 3.8) is 0 Å². The quantitative estimate of drug-likeness (QED) is 0.901. The van der Waals surface area contributed by atoms with Crippen molar-refractivity contribution in [2.24, 2.45) is 0 Å². The summed E-state index contributed by atoms with van der Waals surface area (Å²) in [5.74, 6) is -0.214. The Morgan fingerprint density at radius 3 is 2.68 bits per heavy atom. The molecule has 2 aromatic carbocycles. The van der Waals surface area contributed by atoms with E-state index < -0.39 is 11.6 Å². The molecule has 19 heavy (non-hydrogen) atoms. The average Bonchev–Trinajstić information content (AvgIpc) is 2.41. The predicted octanol–water partition coefficient (Wildman–Crippen LogP) is 4.35. The maximum atomic E-state index is 13.4. The van der Waals surface area contributed by atoms with Crippen molar-refractivity contribution < 1.29 is 13.5 Å². The lowest BCUT2D eigenvalue weighted by Crippen LogP contribution is -2.02. The smallest absolute Gasteiger partial charge is 0.135 e. The van der Waals surface area contributed by atoms with E-state index in [0.717, 1.165) is 22.3 Å². The molecule has 0 amide bonds. The third-order valence-electron chi connectivity index (χ3n) is 2.64. The molecule has 0 fully saturated rings. The van der Waals surface area contributed by atoms with Gasteiger partial charge in [0.05, 0.1) is 11.6 Å². The molecular weight excluding hydrogens is 316 g/mol.